The Morgan fingerprint density at radius 2 is 2.05 bits per heavy atom. The Morgan fingerprint density at radius 3 is 2.80 bits per heavy atom. The molecule has 6 heteroatoms. The van der Waals surface area contributed by atoms with Crippen LogP contribution in [0.4, 0.5) is 10.3 Å². The van der Waals surface area contributed by atoms with Gasteiger partial charge in [-0.1, -0.05) is 12.1 Å². The standard InChI is InChI=1S/C14H9BrFN3O/c15-10-7-8(16)5-6-9(10)13(20)19-14-17-11-3-1-2-4-12(11)18-14/h1-7H,(H2,17,18,19,20). The topological polar surface area (TPSA) is 57.8 Å². The van der Waals surface area contributed by atoms with Crippen molar-refractivity contribution in [2.24, 2.45) is 0 Å². The van der Waals surface area contributed by atoms with Crippen LogP contribution in [0.25, 0.3) is 11.0 Å². The number of carbonyl (C=O) groups is 1. The summed E-state index contributed by atoms with van der Waals surface area (Å²) in [5, 5.41) is 2.65. The van der Waals surface area contributed by atoms with Gasteiger partial charge in [0.25, 0.3) is 5.91 Å². The molecular weight excluding hydrogens is 325 g/mol. The first-order valence-corrected chi connectivity index (χ1v) is 6.64. The maximum atomic E-state index is 13.0. The molecule has 0 atom stereocenters. The Kier molecular flexibility index (Phi) is 3.23. The highest BCUT2D eigenvalue weighted by atomic mass is 79.9. The zero-order chi connectivity index (χ0) is 14.1. The van der Waals surface area contributed by atoms with Gasteiger partial charge in [-0.25, -0.2) is 9.37 Å². The van der Waals surface area contributed by atoms with Crippen LogP contribution in [0, 0.1) is 5.82 Å². The highest BCUT2D eigenvalue weighted by molar-refractivity contribution is 9.10. The minimum Gasteiger partial charge on any atom is -0.324 e. The number of imidazole rings is 1. The molecule has 0 fully saturated rings. The second-order valence-electron chi connectivity index (χ2n) is 4.18. The number of aromatic amines is 1. The Morgan fingerprint density at radius 1 is 1.25 bits per heavy atom. The van der Waals surface area contributed by atoms with Gasteiger partial charge in [-0.05, 0) is 46.3 Å². The fourth-order valence-electron chi connectivity index (χ4n) is 1.86. The molecule has 0 bridgehead atoms. The van der Waals surface area contributed by atoms with E-state index in [4.69, 9.17) is 0 Å². The zero-order valence-corrected chi connectivity index (χ0v) is 11.7. The van der Waals surface area contributed by atoms with Crippen LogP contribution < -0.4 is 5.32 Å². The van der Waals surface area contributed by atoms with Gasteiger partial charge >= 0.3 is 0 Å². The van der Waals surface area contributed by atoms with Crippen LogP contribution in [0.2, 0.25) is 0 Å². The zero-order valence-electron chi connectivity index (χ0n) is 10.2. The second kappa shape index (κ2) is 5.05. The van der Waals surface area contributed by atoms with Crippen molar-refractivity contribution >= 4 is 38.8 Å². The number of rotatable bonds is 2. The number of benzene rings is 2. The lowest BCUT2D eigenvalue weighted by Crippen LogP contribution is -2.13. The third-order valence-electron chi connectivity index (χ3n) is 2.80. The average Bonchev–Trinajstić information content (AvgIpc) is 2.80. The summed E-state index contributed by atoms with van der Waals surface area (Å²) in [6.07, 6.45) is 0. The van der Waals surface area contributed by atoms with Crippen LogP contribution in [-0.4, -0.2) is 15.9 Å². The van der Waals surface area contributed by atoms with Gasteiger partial charge in [0.15, 0.2) is 0 Å². The molecule has 0 unspecified atom stereocenters. The maximum Gasteiger partial charge on any atom is 0.259 e. The van der Waals surface area contributed by atoms with Crippen LogP contribution in [0.15, 0.2) is 46.9 Å². The summed E-state index contributed by atoms with van der Waals surface area (Å²) < 4.78 is 13.4. The van der Waals surface area contributed by atoms with Gasteiger partial charge in [-0.2, -0.15) is 0 Å². The molecule has 0 saturated carbocycles. The molecule has 2 aromatic carbocycles. The quantitative estimate of drug-likeness (QED) is 0.750. The minimum absolute atomic E-state index is 0.340. The van der Waals surface area contributed by atoms with Crippen molar-refractivity contribution in [3.05, 3.63) is 58.3 Å². The average molecular weight is 334 g/mol. The van der Waals surface area contributed by atoms with E-state index >= 15 is 0 Å². The summed E-state index contributed by atoms with van der Waals surface area (Å²) in [5.74, 6) is -0.416. The fourth-order valence-corrected chi connectivity index (χ4v) is 2.39. The number of amides is 1. The van der Waals surface area contributed by atoms with Gasteiger partial charge < -0.3 is 4.98 Å². The largest absolute Gasteiger partial charge is 0.324 e. The lowest BCUT2D eigenvalue weighted by atomic mass is 10.2. The van der Waals surface area contributed by atoms with Crippen molar-refractivity contribution in [1.29, 1.82) is 0 Å². The molecule has 20 heavy (non-hydrogen) atoms. The highest BCUT2D eigenvalue weighted by Gasteiger charge is 2.12. The molecule has 3 rings (SSSR count). The molecule has 0 saturated heterocycles. The monoisotopic (exact) mass is 333 g/mol. The smallest absolute Gasteiger partial charge is 0.259 e. The number of aromatic nitrogens is 2. The maximum absolute atomic E-state index is 13.0. The third kappa shape index (κ3) is 2.42. The van der Waals surface area contributed by atoms with E-state index in [0.29, 0.717) is 16.0 Å². The molecule has 0 aliphatic carbocycles. The summed E-state index contributed by atoms with van der Waals surface area (Å²) in [7, 11) is 0. The number of nitrogens with zero attached hydrogens (tertiary/aromatic N) is 1. The lowest BCUT2D eigenvalue weighted by molar-refractivity contribution is 0.102. The molecule has 2 N–H and O–H groups in total. The highest BCUT2D eigenvalue weighted by Crippen LogP contribution is 2.20. The Balaban J connectivity index is 1.88. The summed E-state index contributed by atoms with van der Waals surface area (Å²) in [6.45, 7) is 0. The predicted molar refractivity (Wildman–Crippen MR) is 78.1 cm³/mol. The number of carbonyl (C=O) groups excluding carboxylic acids is 1. The molecule has 0 aliphatic heterocycles. The van der Waals surface area contributed by atoms with Crippen molar-refractivity contribution in [1.82, 2.24) is 9.97 Å². The first-order chi connectivity index (χ1) is 9.63. The van der Waals surface area contributed by atoms with Crippen molar-refractivity contribution in [2.75, 3.05) is 5.32 Å². The fraction of sp³-hybridized carbons (Fsp3) is 0. The molecule has 3 aromatic rings. The van der Waals surface area contributed by atoms with E-state index in [9.17, 15) is 9.18 Å². The van der Waals surface area contributed by atoms with Crippen molar-refractivity contribution in [3.63, 3.8) is 0 Å². The van der Waals surface area contributed by atoms with Crippen LogP contribution >= 0.6 is 15.9 Å². The lowest BCUT2D eigenvalue weighted by Gasteiger charge is -2.04. The van der Waals surface area contributed by atoms with Gasteiger partial charge in [-0.3, -0.25) is 10.1 Å². The number of hydrogen-bond acceptors (Lipinski definition) is 2. The van der Waals surface area contributed by atoms with E-state index in [0.717, 1.165) is 11.0 Å². The Labute approximate surface area is 122 Å². The van der Waals surface area contributed by atoms with Gasteiger partial charge in [0, 0.05) is 4.47 Å². The number of H-pyrrole nitrogens is 1. The molecule has 100 valence electrons. The summed E-state index contributed by atoms with van der Waals surface area (Å²) in [6, 6.07) is 11.3. The van der Waals surface area contributed by atoms with Crippen LogP contribution in [0.3, 0.4) is 0 Å². The second-order valence-corrected chi connectivity index (χ2v) is 5.04. The van der Waals surface area contributed by atoms with E-state index < -0.39 is 5.82 Å². The van der Waals surface area contributed by atoms with Gasteiger partial charge in [0.05, 0.1) is 16.6 Å². The first-order valence-electron chi connectivity index (χ1n) is 5.84. The van der Waals surface area contributed by atoms with Crippen molar-refractivity contribution in [3.8, 4) is 0 Å². The third-order valence-corrected chi connectivity index (χ3v) is 3.45. The summed E-state index contributed by atoms with van der Waals surface area (Å²) in [4.78, 5) is 19.3. The molecule has 1 aromatic heterocycles. The van der Waals surface area contributed by atoms with Gasteiger partial charge in [0.2, 0.25) is 5.95 Å². The Hall–Kier alpha value is -2.21. The van der Waals surface area contributed by atoms with E-state index in [1.807, 2.05) is 24.3 Å². The van der Waals surface area contributed by atoms with E-state index in [2.05, 4.69) is 31.2 Å². The molecule has 1 amide bonds. The Bertz CT molecular complexity index is 767. The first kappa shape index (κ1) is 12.8. The van der Waals surface area contributed by atoms with Crippen LogP contribution in [0.5, 0.6) is 0 Å². The van der Waals surface area contributed by atoms with Gasteiger partial charge in [-0.15, -0.1) is 0 Å². The molecule has 1 heterocycles. The van der Waals surface area contributed by atoms with Crippen molar-refractivity contribution in [2.45, 2.75) is 0 Å². The van der Waals surface area contributed by atoms with E-state index in [1.165, 1.54) is 18.2 Å². The molecule has 4 nitrogen and oxygen atoms in total. The summed E-state index contributed by atoms with van der Waals surface area (Å²) >= 11 is 3.16. The molecule has 0 radical (unpaired) electrons. The number of halogens is 2. The normalized spacial score (nSPS) is 10.7. The van der Waals surface area contributed by atoms with Crippen LogP contribution in [0.1, 0.15) is 10.4 Å². The molecular formula is C14H9BrFN3O. The number of nitrogens with one attached hydrogen (secondary N) is 2. The van der Waals surface area contributed by atoms with E-state index in [-0.39, 0.29) is 5.91 Å². The predicted octanol–water partition coefficient (Wildman–Crippen LogP) is 3.72. The van der Waals surface area contributed by atoms with E-state index in [1.54, 1.807) is 0 Å². The SMILES string of the molecule is O=C(Nc1nc2ccccc2[nH]1)c1ccc(F)cc1Br. The van der Waals surface area contributed by atoms with Gasteiger partial charge in [0.1, 0.15) is 5.82 Å². The molecule has 0 spiro atoms. The minimum atomic E-state index is -0.405. The number of hydrogen-bond donors (Lipinski definition) is 2. The number of fused-ring (bicyclic) bond motifs is 1. The number of anilines is 1. The molecule has 0 aliphatic rings. The van der Waals surface area contributed by atoms with Crippen molar-refractivity contribution < 1.29 is 9.18 Å². The summed E-state index contributed by atoms with van der Waals surface area (Å²) in [5.41, 5.74) is 1.94. The number of para-hydroxylation sites is 2. The van der Waals surface area contributed by atoms with Crippen LogP contribution in [-0.2, 0) is 0 Å².